The van der Waals surface area contributed by atoms with E-state index in [1.54, 1.807) is 11.8 Å². The van der Waals surface area contributed by atoms with E-state index in [0.29, 0.717) is 22.8 Å². The van der Waals surface area contributed by atoms with Gasteiger partial charge in [0.1, 0.15) is 4.88 Å². The van der Waals surface area contributed by atoms with E-state index >= 15 is 0 Å². The van der Waals surface area contributed by atoms with Crippen molar-refractivity contribution in [2.75, 3.05) is 5.73 Å². The highest BCUT2D eigenvalue weighted by molar-refractivity contribution is 7.07. The number of aromatic nitrogens is 2. The Hall–Kier alpha value is -1.95. The monoisotopic (exact) mass is 290 g/mol. The third-order valence-corrected chi connectivity index (χ3v) is 3.94. The van der Waals surface area contributed by atoms with Crippen LogP contribution in [0.15, 0.2) is 24.3 Å². The predicted molar refractivity (Wildman–Crippen MR) is 80.5 cm³/mol. The van der Waals surface area contributed by atoms with Crippen LogP contribution >= 0.6 is 11.5 Å². The first-order valence-corrected chi connectivity index (χ1v) is 7.21. The van der Waals surface area contributed by atoms with Gasteiger partial charge >= 0.3 is 0 Å². The summed E-state index contributed by atoms with van der Waals surface area (Å²) >= 11 is 1.13. The number of para-hydroxylation sites is 1. The normalized spacial score (nSPS) is 10.8. The summed E-state index contributed by atoms with van der Waals surface area (Å²) < 4.78 is 3.83. The molecule has 106 valence electrons. The molecule has 1 aromatic carbocycles. The molecular weight excluding hydrogens is 272 g/mol. The standard InChI is InChI=1S/C14H18N4OS/c1-9(2)18(8-11-6-4-5-7-12(11)15)14(19)13-10(3)16-17-20-13/h4-7,9H,8,15H2,1-3H3. The highest BCUT2D eigenvalue weighted by Crippen LogP contribution is 2.20. The molecule has 2 aromatic rings. The fourth-order valence-electron chi connectivity index (χ4n) is 1.91. The molecule has 1 amide bonds. The van der Waals surface area contributed by atoms with Crippen molar-refractivity contribution >= 4 is 23.1 Å². The molecule has 0 unspecified atom stereocenters. The molecule has 1 aromatic heterocycles. The molecule has 0 radical (unpaired) electrons. The second-order valence-corrected chi connectivity index (χ2v) is 5.67. The van der Waals surface area contributed by atoms with Gasteiger partial charge in [0.05, 0.1) is 5.69 Å². The van der Waals surface area contributed by atoms with Crippen LogP contribution in [0.25, 0.3) is 0 Å². The second kappa shape index (κ2) is 6.00. The molecule has 6 heteroatoms. The first-order chi connectivity index (χ1) is 9.50. The first-order valence-electron chi connectivity index (χ1n) is 6.44. The molecule has 0 aliphatic rings. The van der Waals surface area contributed by atoms with Crippen molar-refractivity contribution in [1.29, 1.82) is 0 Å². The van der Waals surface area contributed by atoms with Gasteiger partial charge in [-0.05, 0) is 43.9 Å². The van der Waals surface area contributed by atoms with E-state index < -0.39 is 0 Å². The lowest BCUT2D eigenvalue weighted by Gasteiger charge is -2.27. The van der Waals surface area contributed by atoms with Gasteiger partial charge in [0.2, 0.25) is 0 Å². The average Bonchev–Trinajstić information content (AvgIpc) is 2.83. The smallest absolute Gasteiger partial charge is 0.268 e. The Morgan fingerprint density at radius 3 is 2.65 bits per heavy atom. The van der Waals surface area contributed by atoms with Crippen molar-refractivity contribution in [3.63, 3.8) is 0 Å². The number of aryl methyl sites for hydroxylation is 1. The van der Waals surface area contributed by atoms with E-state index in [1.807, 2.05) is 38.1 Å². The Kier molecular flexibility index (Phi) is 4.34. The number of hydrogen-bond acceptors (Lipinski definition) is 5. The van der Waals surface area contributed by atoms with Gasteiger partial charge in [-0.15, -0.1) is 5.10 Å². The number of amides is 1. The molecule has 0 saturated carbocycles. The maximum absolute atomic E-state index is 12.6. The summed E-state index contributed by atoms with van der Waals surface area (Å²) in [6.07, 6.45) is 0. The molecule has 2 N–H and O–H groups in total. The molecule has 0 aliphatic heterocycles. The van der Waals surface area contributed by atoms with Gasteiger partial charge in [-0.25, -0.2) is 0 Å². The lowest BCUT2D eigenvalue weighted by atomic mass is 10.1. The molecule has 1 heterocycles. The van der Waals surface area contributed by atoms with Gasteiger partial charge in [-0.1, -0.05) is 22.7 Å². The van der Waals surface area contributed by atoms with Crippen LogP contribution in [0.5, 0.6) is 0 Å². The minimum Gasteiger partial charge on any atom is -0.398 e. The van der Waals surface area contributed by atoms with Crippen molar-refractivity contribution in [3.8, 4) is 0 Å². The van der Waals surface area contributed by atoms with Crippen molar-refractivity contribution in [3.05, 3.63) is 40.4 Å². The molecule has 0 saturated heterocycles. The molecule has 5 nitrogen and oxygen atoms in total. The van der Waals surface area contributed by atoms with Crippen LogP contribution in [-0.2, 0) is 6.54 Å². The maximum atomic E-state index is 12.6. The Bertz CT molecular complexity index is 609. The van der Waals surface area contributed by atoms with Crippen LogP contribution < -0.4 is 5.73 Å². The number of nitrogens with two attached hydrogens (primary N) is 1. The molecule has 2 rings (SSSR count). The highest BCUT2D eigenvalue weighted by atomic mass is 32.1. The number of carbonyl (C=O) groups excluding carboxylic acids is 1. The predicted octanol–water partition coefficient (Wildman–Crippen LogP) is 2.48. The summed E-state index contributed by atoms with van der Waals surface area (Å²) in [7, 11) is 0. The Balaban J connectivity index is 2.27. The maximum Gasteiger partial charge on any atom is 0.268 e. The highest BCUT2D eigenvalue weighted by Gasteiger charge is 2.23. The number of carbonyl (C=O) groups is 1. The zero-order chi connectivity index (χ0) is 14.7. The van der Waals surface area contributed by atoms with Crippen molar-refractivity contribution in [1.82, 2.24) is 14.5 Å². The Morgan fingerprint density at radius 2 is 2.10 bits per heavy atom. The van der Waals surface area contributed by atoms with Crippen LogP contribution in [0.4, 0.5) is 5.69 Å². The number of anilines is 1. The molecule has 20 heavy (non-hydrogen) atoms. The summed E-state index contributed by atoms with van der Waals surface area (Å²) in [4.78, 5) is 15.0. The van der Waals surface area contributed by atoms with Crippen molar-refractivity contribution in [2.45, 2.75) is 33.4 Å². The zero-order valence-corrected chi connectivity index (χ0v) is 12.6. The van der Waals surface area contributed by atoms with Crippen molar-refractivity contribution < 1.29 is 4.79 Å². The quantitative estimate of drug-likeness (QED) is 0.878. The van der Waals surface area contributed by atoms with Crippen LogP contribution in [0, 0.1) is 6.92 Å². The van der Waals surface area contributed by atoms with Crippen LogP contribution in [0.3, 0.4) is 0 Å². The van der Waals surface area contributed by atoms with Gasteiger partial charge in [0.25, 0.3) is 5.91 Å². The fourth-order valence-corrected chi connectivity index (χ4v) is 2.52. The Morgan fingerprint density at radius 1 is 1.40 bits per heavy atom. The minimum atomic E-state index is -0.0456. The molecule has 0 spiro atoms. The number of hydrogen-bond donors (Lipinski definition) is 1. The average molecular weight is 290 g/mol. The van der Waals surface area contributed by atoms with Crippen molar-refractivity contribution in [2.24, 2.45) is 0 Å². The summed E-state index contributed by atoms with van der Waals surface area (Å²) in [5.41, 5.74) is 8.28. The van der Waals surface area contributed by atoms with Crippen LogP contribution in [0.1, 0.15) is 34.8 Å². The molecule has 0 fully saturated rings. The third-order valence-electron chi connectivity index (χ3n) is 3.13. The second-order valence-electron chi connectivity index (χ2n) is 4.91. The van der Waals surface area contributed by atoms with E-state index in [4.69, 9.17) is 5.73 Å². The largest absolute Gasteiger partial charge is 0.398 e. The molecule has 0 bridgehead atoms. The topological polar surface area (TPSA) is 72.1 Å². The molecule has 0 atom stereocenters. The lowest BCUT2D eigenvalue weighted by Crippen LogP contribution is -2.36. The summed E-state index contributed by atoms with van der Waals surface area (Å²) in [6, 6.07) is 7.67. The van der Waals surface area contributed by atoms with Gasteiger partial charge in [-0.3, -0.25) is 4.79 Å². The van der Waals surface area contributed by atoms with Gasteiger partial charge in [0, 0.05) is 18.3 Å². The Labute approximate surface area is 122 Å². The number of benzene rings is 1. The minimum absolute atomic E-state index is 0.0456. The number of nitrogens with zero attached hydrogens (tertiary/aromatic N) is 3. The van der Waals surface area contributed by atoms with E-state index in [2.05, 4.69) is 9.59 Å². The van der Waals surface area contributed by atoms with Crippen LogP contribution in [0.2, 0.25) is 0 Å². The van der Waals surface area contributed by atoms with E-state index in [1.165, 1.54) is 0 Å². The zero-order valence-electron chi connectivity index (χ0n) is 11.8. The molecule has 0 aliphatic carbocycles. The fraction of sp³-hybridized carbons (Fsp3) is 0.357. The first kappa shape index (κ1) is 14.5. The summed E-state index contributed by atoms with van der Waals surface area (Å²) in [6.45, 7) is 6.26. The SMILES string of the molecule is Cc1nnsc1C(=O)N(Cc1ccccc1N)C(C)C. The van der Waals surface area contributed by atoms with E-state index in [-0.39, 0.29) is 11.9 Å². The summed E-state index contributed by atoms with van der Waals surface area (Å²) in [5, 5.41) is 3.90. The van der Waals surface area contributed by atoms with E-state index in [0.717, 1.165) is 17.1 Å². The number of nitrogen functional groups attached to an aromatic ring is 1. The van der Waals surface area contributed by atoms with E-state index in [9.17, 15) is 4.79 Å². The molecular formula is C14H18N4OS. The summed E-state index contributed by atoms with van der Waals surface area (Å²) in [5.74, 6) is -0.0456. The number of rotatable bonds is 4. The van der Waals surface area contributed by atoms with Gasteiger partial charge < -0.3 is 10.6 Å². The lowest BCUT2D eigenvalue weighted by molar-refractivity contribution is 0.0695. The third kappa shape index (κ3) is 2.96. The van der Waals surface area contributed by atoms with Crippen LogP contribution in [-0.4, -0.2) is 26.4 Å². The van der Waals surface area contributed by atoms with Gasteiger partial charge in [0.15, 0.2) is 0 Å². The van der Waals surface area contributed by atoms with Gasteiger partial charge in [-0.2, -0.15) is 0 Å².